The smallest absolute Gasteiger partial charge is 0.191 e. The van der Waals surface area contributed by atoms with Crippen LogP contribution in [-0.4, -0.2) is 39.0 Å². The van der Waals surface area contributed by atoms with Crippen LogP contribution in [0.1, 0.15) is 12.0 Å². The molecule has 1 saturated heterocycles. The normalized spacial score (nSPS) is 19.3. The van der Waals surface area contributed by atoms with E-state index in [2.05, 4.69) is 52.0 Å². The fraction of sp³-hybridized carbons (Fsp3) is 0.316. The van der Waals surface area contributed by atoms with E-state index in [4.69, 9.17) is 0 Å². The Morgan fingerprint density at radius 2 is 1.81 bits per heavy atom. The summed E-state index contributed by atoms with van der Waals surface area (Å²) >= 11 is 1.73. The lowest BCUT2D eigenvalue weighted by atomic mass is 10.2. The molecule has 1 unspecified atom stereocenters. The van der Waals surface area contributed by atoms with Gasteiger partial charge in [-0.25, -0.2) is 8.42 Å². The van der Waals surface area contributed by atoms with Crippen molar-refractivity contribution < 1.29 is 8.42 Å². The summed E-state index contributed by atoms with van der Waals surface area (Å²) in [7, 11) is -1.20. The zero-order valence-electron chi connectivity index (χ0n) is 14.7. The van der Waals surface area contributed by atoms with Crippen molar-refractivity contribution in [3.63, 3.8) is 0 Å². The third-order valence-corrected chi connectivity index (χ3v) is 6.94. The van der Waals surface area contributed by atoms with Crippen molar-refractivity contribution >= 4 is 27.6 Å². The Morgan fingerprint density at radius 1 is 1.12 bits per heavy atom. The van der Waals surface area contributed by atoms with E-state index in [9.17, 15) is 8.42 Å². The average molecular weight is 390 g/mol. The van der Waals surface area contributed by atoms with Gasteiger partial charge in [-0.2, -0.15) is 0 Å². The molecule has 2 N–H and O–H groups in total. The van der Waals surface area contributed by atoms with Gasteiger partial charge in [0.1, 0.15) is 0 Å². The van der Waals surface area contributed by atoms with Crippen LogP contribution in [0.3, 0.4) is 0 Å². The average Bonchev–Trinajstić information content (AvgIpc) is 2.99. The van der Waals surface area contributed by atoms with Gasteiger partial charge in [-0.1, -0.05) is 42.1 Å². The fourth-order valence-electron chi connectivity index (χ4n) is 2.78. The predicted molar refractivity (Wildman–Crippen MR) is 107 cm³/mol. The highest BCUT2D eigenvalue weighted by Crippen LogP contribution is 2.27. The molecule has 0 bridgehead atoms. The van der Waals surface area contributed by atoms with E-state index in [-0.39, 0.29) is 17.5 Å². The van der Waals surface area contributed by atoms with E-state index >= 15 is 0 Å². The van der Waals surface area contributed by atoms with E-state index in [1.165, 1.54) is 9.79 Å². The molecule has 7 heteroatoms. The SMILES string of the molecule is CN=C(NCc1ccc(Sc2ccccc2)cc1)NC1CCS(=O)(=O)C1. The maximum absolute atomic E-state index is 11.6. The van der Waals surface area contributed by atoms with Gasteiger partial charge in [-0.05, 0) is 36.2 Å². The Hall–Kier alpha value is -1.99. The Bertz CT molecular complexity index is 850. The van der Waals surface area contributed by atoms with Crippen LogP contribution >= 0.6 is 11.8 Å². The highest BCUT2D eigenvalue weighted by molar-refractivity contribution is 7.99. The molecule has 1 atom stereocenters. The first-order chi connectivity index (χ1) is 12.5. The van der Waals surface area contributed by atoms with Crippen molar-refractivity contribution in [2.45, 2.75) is 28.8 Å². The molecule has 0 saturated carbocycles. The fourth-order valence-corrected chi connectivity index (χ4v) is 5.29. The summed E-state index contributed by atoms with van der Waals surface area (Å²) < 4.78 is 23.1. The summed E-state index contributed by atoms with van der Waals surface area (Å²) in [5, 5.41) is 6.44. The molecule has 138 valence electrons. The van der Waals surface area contributed by atoms with E-state index in [0.29, 0.717) is 18.9 Å². The quantitative estimate of drug-likeness (QED) is 0.608. The van der Waals surface area contributed by atoms with Gasteiger partial charge in [0.05, 0.1) is 11.5 Å². The summed E-state index contributed by atoms with van der Waals surface area (Å²) in [4.78, 5) is 6.59. The molecule has 3 rings (SSSR count). The van der Waals surface area contributed by atoms with Crippen LogP contribution < -0.4 is 10.6 Å². The van der Waals surface area contributed by atoms with Gasteiger partial charge in [0.2, 0.25) is 0 Å². The first-order valence-electron chi connectivity index (χ1n) is 8.53. The van der Waals surface area contributed by atoms with Crippen molar-refractivity contribution in [2.24, 2.45) is 4.99 Å². The number of rotatable bonds is 5. The number of nitrogens with zero attached hydrogens (tertiary/aromatic N) is 1. The molecule has 1 heterocycles. The summed E-state index contributed by atoms with van der Waals surface area (Å²) in [6, 6.07) is 18.6. The second-order valence-corrected chi connectivity index (χ2v) is 9.60. The largest absolute Gasteiger partial charge is 0.353 e. The van der Waals surface area contributed by atoms with Crippen LogP contribution in [0.4, 0.5) is 0 Å². The predicted octanol–water partition coefficient (Wildman–Crippen LogP) is 2.69. The lowest BCUT2D eigenvalue weighted by molar-refractivity contribution is 0.599. The van der Waals surface area contributed by atoms with Crippen molar-refractivity contribution in [2.75, 3.05) is 18.6 Å². The zero-order chi connectivity index (χ0) is 18.4. The van der Waals surface area contributed by atoms with Gasteiger partial charge in [-0.15, -0.1) is 0 Å². The van der Waals surface area contributed by atoms with Crippen LogP contribution in [0.5, 0.6) is 0 Å². The minimum absolute atomic E-state index is 0.0594. The first-order valence-corrected chi connectivity index (χ1v) is 11.2. The van der Waals surface area contributed by atoms with Gasteiger partial charge >= 0.3 is 0 Å². The maximum atomic E-state index is 11.6. The Morgan fingerprint density at radius 3 is 2.42 bits per heavy atom. The van der Waals surface area contributed by atoms with Crippen LogP contribution in [0, 0.1) is 0 Å². The standard InChI is InChI=1S/C19H23N3O2S2/c1-20-19(22-16-11-12-26(23,24)14-16)21-13-15-7-9-18(10-8-15)25-17-5-3-2-4-6-17/h2-10,16H,11-14H2,1H3,(H2,20,21,22). The monoisotopic (exact) mass is 389 g/mol. The molecule has 2 aromatic carbocycles. The van der Waals surface area contributed by atoms with Crippen molar-refractivity contribution in [1.29, 1.82) is 0 Å². The lowest BCUT2D eigenvalue weighted by Crippen LogP contribution is -2.43. The molecule has 1 fully saturated rings. The molecule has 2 aromatic rings. The Kier molecular flexibility index (Phi) is 6.21. The molecule has 1 aliphatic rings. The molecule has 1 aliphatic heterocycles. The molecule has 0 aromatic heterocycles. The van der Waals surface area contributed by atoms with E-state index in [0.717, 1.165) is 5.56 Å². The van der Waals surface area contributed by atoms with E-state index < -0.39 is 9.84 Å². The van der Waals surface area contributed by atoms with Crippen molar-refractivity contribution in [1.82, 2.24) is 10.6 Å². The highest BCUT2D eigenvalue weighted by Gasteiger charge is 2.28. The van der Waals surface area contributed by atoms with Crippen LogP contribution in [-0.2, 0) is 16.4 Å². The van der Waals surface area contributed by atoms with Crippen LogP contribution in [0.15, 0.2) is 69.4 Å². The van der Waals surface area contributed by atoms with Gasteiger partial charge in [0.15, 0.2) is 15.8 Å². The molecule has 26 heavy (non-hydrogen) atoms. The number of hydrogen-bond donors (Lipinski definition) is 2. The summed E-state index contributed by atoms with van der Waals surface area (Å²) in [5.74, 6) is 1.07. The van der Waals surface area contributed by atoms with Crippen molar-refractivity contribution in [3.8, 4) is 0 Å². The highest BCUT2D eigenvalue weighted by atomic mass is 32.2. The molecule has 0 radical (unpaired) electrons. The van der Waals surface area contributed by atoms with E-state index in [1.807, 2.05) is 18.2 Å². The Balaban J connectivity index is 1.50. The topological polar surface area (TPSA) is 70.6 Å². The number of sulfone groups is 1. The van der Waals surface area contributed by atoms with Gasteiger partial charge in [0.25, 0.3) is 0 Å². The van der Waals surface area contributed by atoms with Crippen molar-refractivity contribution in [3.05, 3.63) is 60.2 Å². The summed E-state index contributed by atoms with van der Waals surface area (Å²) in [5.41, 5.74) is 1.14. The molecule has 0 spiro atoms. The summed E-state index contributed by atoms with van der Waals surface area (Å²) in [6.07, 6.45) is 0.633. The third kappa shape index (κ3) is 5.51. The molecular weight excluding hydrogens is 366 g/mol. The van der Waals surface area contributed by atoms with E-state index in [1.54, 1.807) is 18.8 Å². The molecule has 0 aliphatic carbocycles. The molecular formula is C19H23N3O2S2. The first kappa shape index (κ1) is 18.8. The number of aliphatic imine (C=N–C) groups is 1. The van der Waals surface area contributed by atoms with Gasteiger partial charge in [-0.3, -0.25) is 4.99 Å². The third-order valence-electron chi connectivity index (χ3n) is 4.16. The van der Waals surface area contributed by atoms with Gasteiger partial charge < -0.3 is 10.6 Å². The maximum Gasteiger partial charge on any atom is 0.191 e. The number of nitrogens with one attached hydrogen (secondary N) is 2. The van der Waals surface area contributed by atoms with Crippen LogP contribution in [0.25, 0.3) is 0 Å². The second-order valence-electron chi connectivity index (χ2n) is 6.23. The number of hydrogen-bond acceptors (Lipinski definition) is 4. The van der Waals surface area contributed by atoms with Gasteiger partial charge in [0, 0.05) is 29.4 Å². The molecule has 0 amide bonds. The minimum Gasteiger partial charge on any atom is -0.353 e. The summed E-state index contributed by atoms with van der Waals surface area (Å²) in [6.45, 7) is 0.634. The second kappa shape index (κ2) is 8.60. The number of guanidine groups is 1. The van der Waals surface area contributed by atoms with Crippen LogP contribution in [0.2, 0.25) is 0 Å². The lowest BCUT2D eigenvalue weighted by Gasteiger charge is -2.16. The number of benzene rings is 2. The zero-order valence-corrected chi connectivity index (χ0v) is 16.3. The Labute approximate surface area is 159 Å². The molecule has 5 nitrogen and oxygen atoms in total. The minimum atomic E-state index is -2.89.